The number of aliphatic hydroxyl groups is 1. The number of nitrogens with zero attached hydrogens (tertiary/aromatic N) is 1. The number of hydrogen-bond donors (Lipinski definition) is 1. The molecule has 1 aromatic heterocycles. The lowest BCUT2D eigenvalue weighted by Gasteiger charge is -2.25. The number of benzene rings is 1. The first kappa shape index (κ1) is 21.3. The van der Waals surface area contributed by atoms with Crippen LogP contribution in [0.15, 0.2) is 35.2 Å². The molecule has 1 aliphatic rings. The summed E-state index contributed by atoms with van der Waals surface area (Å²) in [6, 6.07) is 6.89. The summed E-state index contributed by atoms with van der Waals surface area (Å²) >= 11 is 1.48. The van der Waals surface area contributed by atoms with Crippen LogP contribution in [0, 0.1) is 20.8 Å². The summed E-state index contributed by atoms with van der Waals surface area (Å²) < 4.78 is 5.61. The van der Waals surface area contributed by atoms with Crippen molar-refractivity contribution in [3.8, 4) is 0 Å². The van der Waals surface area contributed by atoms with Crippen molar-refractivity contribution in [3.05, 3.63) is 62.3 Å². The third-order valence-corrected chi connectivity index (χ3v) is 6.33. The van der Waals surface area contributed by atoms with Crippen LogP contribution in [0.2, 0.25) is 0 Å². The quantitative estimate of drug-likeness (QED) is 0.430. The molecule has 1 amide bonds. The summed E-state index contributed by atoms with van der Waals surface area (Å²) in [6.07, 6.45) is 0.0317. The average molecular weight is 414 g/mol. The van der Waals surface area contributed by atoms with Gasteiger partial charge in [-0.25, -0.2) is 0 Å². The molecular weight excluding hydrogens is 386 g/mol. The summed E-state index contributed by atoms with van der Waals surface area (Å²) in [5.41, 5.74) is 3.79. The van der Waals surface area contributed by atoms with Gasteiger partial charge in [-0.05, 0) is 68.8 Å². The van der Waals surface area contributed by atoms with Crippen molar-refractivity contribution in [1.82, 2.24) is 4.90 Å². The lowest BCUT2D eigenvalue weighted by Crippen LogP contribution is -2.33. The molecular formula is C23H27NO4S. The summed E-state index contributed by atoms with van der Waals surface area (Å²) in [5, 5.41) is 13.0. The first-order valence-electron chi connectivity index (χ1n) is 9.74. The second-order valence-electron chi connectivity index (χ2n) is 7.68. The second kappa shape index (κ2) is 8.51. The van der Waals surface area contributed by atoms with Crippen molar-refractivity contribution in [1.29, 1.82) is 0 Å². The fourth-order valence-corrected chi connectivity index (χ4v) is 4.53. The SMILES string of the molecule is Cc1ccc(/C(O)=C2/C(=O)C(=O)N(CCOC(C)C)C2c2sccc2C)cc1C. The van der Waals surface area contributed by atoms with E-state index in [1.54, 1.807) is 6.07 Å². The minimum atomic E-state index is -0.650. The number of Topliss-reactive ketones (excluding diaryl/α,β-unsaturated/α-hetero) is 1. The number of amides is 1. The maximum Gasteiger partial charge on any atom is 0.295 e. The van der Waals surface area contributed by atoms with E-state index >= 15 is 0 Å². The number of rotatable bonds is 6. The molecule has 3 rings (SSSR count). The van der Waals surface area contributed by atoms with Gasteiger partial charge in [-0.3, -0.25) is 9.59 Å². The van der Waals surface area contributed by atoms with E-state index in [-0.39, 0.29) is 24.0 Å². The van der Waals surface area contributed by atoms with Gasteiger partial charge in [0.05, 0.1) is 24.3 Å². The van der Waals surface area contributed by atoms with Gasteiger partial charge < -0.3 is 14.7 Å². The number of thiophene rings is 1. The van der Waals surface area contributed by atoms with Gasteiger partial charge in [0.2, 0.25) is 0 Å². The van der Waals surface area contributed by atoms with Crippen LogP contribution in [0.25, 0.3) is 5.76 Å². The first-order chi connectivity index (χ1) is 13.7. The Morgan fingerprint density at radius 2 is 1.86 bits per heavy atom. The third kappa shape index (κ3) is 4.14. The number of aryl methyl sites for hydroxylation is 3. The van der Waals surface area contributed by atoms with E-state index in [0.29, 0.717) is 12.2 Å². The Morgan fingerprint density at radius 1 is 1.14 bits per heavy atom. The molecule has 1 fully saturated rings. The van der Waals surface area contributed by atoms with E-state index in [9.17, 15) is 14.7 Å². The largest absolute Gasteiger partial charge is 0.507 e. The van der Waals surface area contributed by atoms with E-state index in [0.717, 1.165) is 21.6 Å². The molecule has 0 bridgehead atoms. The first-order valence-corrected chi connectivity index (χ1v) is 10.6. The minimum Gasteiger partial charge on any atom is -0.507 e. The fraction of sp³-hybridized carbons (Fsp3) is 0.391. The highest BCUT2D eigenvalue weighted by Crippen LogP contribution is 2.42. The molecule has 1 aliphatic heterocycles. The average Bonchev–Trinajstić information content (AvgIpc) is 3.19. The van der Waals surface area contributed by atoms with Crippen LogP contribution in [-0.4, -0.2) is 41.0 Å². The van der Waals surface area contributed by atoms with Gasteiger partial charge in [-0.1, -0.05) is 12.1 Å². The fourth-order valence-electron chi connectivity index (χ4n) is 3.48. The molecule has 0 aliphatic carbocycles. The Morgan fingerprint density at radius 3 is 2.45 bits per heavy atom. The highest BCUT2D eigenvalue weighted by Gasteiger charge is 2.46. The monoisotopic (exact) mass is 413 g/mol. The topological polar surface area (TPSA) is 66.8 Å². The van der Waals surface area contributed by atoms with Gasteiger partial charge in [0.25, 0.3) is 11.7 Å². The second-order valence-corrected chi connectivity index (χ2v) is 8.63. The number of ketones is 1. The van der Waals surface area contributed by atoms with E-state index in [1.165, 1.54) is 16.2 Å². The van der Waals surface area contributed by atoms with Crippen molar-refractivity contribution >= 4 is 28.8 Å². The molecule has 154 valence electrons. The molecule has 6 heteroatoms. The van der Waals surface area contributed by atoms with Gasteiger partial charge in [-0.15, -0.1) is 11.3 Å². The molecule has 5 nitrogen and oxygen atoms in total. The number of hydrogen-bond acceptors (Lipinski definition) is 5. The van der Waals surface area contributed by atoms with E-state index in [1.807, 2.05) is 58.2 Å². The van der Waals surface area contributed by atoms with E-state index < -0.39 is 17.7 Å². The molecule has 0 radical (unpaired) electrons. The zero-order chi connectivity index (χ0) is 21.3. The van der Waals surface area contributed by atoms with Gasteiger partial charge in [-0.2, -0.15) is 0 Å². The van der Waals surface area contributed by atoms with Gasteiger partial charge in [0.1, 0.15) is 5.76 Å². The lowest BCUT2D eigenvalue weighted by molar-refractivity contribution is -0.140. The number of aliphatic hydroxyl groups excluding tert-OH is 1. The van der Waals surface area contributed by atoms with Crippen LogP contribution < -0.4 is 0 Å². The van der Waals surface area contributed by atoms with Crippen LogP contribution in [-0.2, 0) is 14.3 Å². The Kier molecular flexibility index (Phi) is 6.24. The summed E-state index contributed by atoms with van der Waals surface area (Å²) in [5.74, 6) is -1.37. The zero-order valence-corrected chi connectivity index (χ0v) is 18.3. The molecule has 1 aromatic carbocycles. The highest BCUT2D eigenvalue weighted by atomic mass is 32.1. The molecule has 0 spiro atoms. The molecule has 1 unspecified atom stereocenters. The van der Waals surface area contributed by atoms with E-state index in [4.69, 9.17) is 4.74 Å². The number of carbonyl (C=O) groups excluding carboxylic acids is 2. The number of carbonyl (C=O) groups is 2. The van der Waals surface area contributed by atoms with Crippen LogP contribution >= 0.6 is 11.3 Å². The molecule has 1 saturated heterocycles. The summed E-state index contributed by atoms with van der Waals surface area (Å²) in [6.45, 7) is 10.4. The van der Waals surface area contributed by atoms with Gasteiger partial charge >= 0.3 is 0 Å². The minimum absolute atomic E-state index is 0.0317. The number of ether oxygens (including phenoxy) is 1. The Balaban J connectivity index is 2.10. The van der Waals surface area contributed by atoms with Crippen LogP contribution in [0.1, 0.15) is 47.0 Å². The predicted octanol–water partition coefficient (Wildman–Crippen LogP) is 4.52. The third-order valence-electron chi connectivity index (χ3n) is 5.25. The normalized spacial score (nSPS) is 18.8. The van der Waals surface area contributed by atoms with Crippen molar-refractivity contribution < 1.29 is 19.4 Å². The van der Waals surface area contributed by atoms with Crippen molar-refractivity contribution in [2.75, 3.05) is 13.2 Å². The molecule has 2 aromatic rings. The van der Waals surface area contributed by atoms with Crippen LogP contribution in [0.5, 0.6) is 0 Å². The lowest BCUT2D eigenvalue weighted by atomic mass is 9.97. The molecule has 1 atom stereocenters. The Labute approximate surface area is 175 Å². The molecule has 2 heterocycles. The van der Waals surface area contributed by atoms with E-state index in [2.05, 4.69) is 0 Å². The number of likely N-dealkylation sites (tertiary alicyclic amines) is 1. The Bertz CT molecular complexity index is 973. The van der Waals surface area contributed by atoms with Crippen molar-refractivity contribution in [2.24, 2.45) is 0 Å². The summed E-state index contributed by atoms with van der Waals surface area (Å²) in [7, 11) is 0. The highest BCUT2D eigenvalue weighted by molar-refractivity contribution is 7.10. The Hall–Kier alpha value is -2.44. The predicted molar refractivity (Wildman–Crippen MR) is 115 cm³/mol. The van der Waals surface area contributed by atoms with Gasteiger partial charge in [0.15, 0.2) is 0 Å². The standard InChI is InChI=1S/C23H27NO4S/c1-13(2)28-10-9-24-19(22-15(4)8-11-29-22)18(21(26)23(24)27)20(25)17-7-6-14(3)16(5)12-17/h6-8,11-13,19,25H,9-10H2,1-5H3/b20-18-. The maximum atomic E-state index is 13.0. The maximum absolute atomic E-state index is 13.0. The van der Waals surface area contributed by atoms with Gasteiger partial charge in [0, 0.05) is 17.0 Å². The smallest absolute Gasteiger partial charge is 0.295 e. The zero-order valence-electron chi connectivity index (χ0n) is 17.5. The van der Waals surface area contributed by atoms with Crippen molar-refractivity contribution in [3.63, 3.8) is 0 Å². The molecule has 29 heavy (non-hydrogen) atoms. The molecule has 0 saturated carbocycles. The molecule has 1 N–H and O–H groups in total. The summed E-state index contributed by atoms with van der Waals surface area (Å²) in [4.78, 5) is 28.2. The van der Waals surface area contributed by atoms with Crippen LogP contribution in [0.4, 0.5) is 0 Å². The van der Waals surface area contributed by atoms with Crippen LogP contribution in [0.3, 0.4) is 0 Å². The van der Waals surface area contributed by atoms with Crippen molar-refractivity contribution in [2.45, 2.75) is 46.8 Å².